The number of hydrogen-bond acceptors (Lipinski definition) is 3. The van der Waals surface area contributed by atoms with Crippen molar-refractivity contribution in [1.29, 1.82) is 0 Å². The fourth-order valence-corrected chi connectivity index (χ4v) is 7.11. The zero-order valence-electron chi connectivity index (χ0n) is 13.7. The summed E-state index contributed by atoms with van der Waals surface area (Å²) in [6.07, 6.45) is 3.50. The van der Waals surface area contributed by atoms with Crippen LogP contribution < -0.4 is 0 Å². The Bertz CT molecular complexity index is 439. The molecule has 3 nitrogen and oxygen atoms in total. The minimum Gasteiger partial charge on any atom is -0.469 e. The molecule has 114 valence electrons. The predicted octanol–water partition coefficient (Wildman–Crippen LogP) is 3.45. The summed E-state index contributed by atoms with van der Waals surface area (Å²) in [5.74, 6) is 1.71. The molecule has 3 fully saturated rings. The van der Waals surface area contributed by atoms with Crippen molar-refractivity contribution in [2.75, 3.05) is 7.11 Å². The van der Waals surface area contributed by atoms with Gasteiger partial charge in [-0.3, -0.25) is 4.79 Å². The van der Waals surface area contributed by atoms with E-state index in [0.717, 1.165) is 12.3 Å². The van der Waals surface area contributed by atoms with Crippen molar-refractivity contribution in [2.45, 2.75) is 58.4 Å². The Morgan fingerprint density at radius 1 is 1.25 bits per heavy atom. The number of rotatable bonds is 3. The van der Waals surface area contributed by atoms with Crippen molar-refractivity contribution >= 4 is 14.3 Å². The first-order chi connectivity index (χ1) is 9.13. The van der Waals surface area contributed by atoms with Crippen LogP contribution in [0.25, 0.3) is 0 Å². The molecule has 4 heteroatoms. The quantitative estimate of drug-likeness (QED) is 0.591. The first-order valence-corrected chi connectivity index (χ1v) is 11.3. The van der Waals surface area contributed by atoms with Crippen LogP contribution in [0.5, 0.6) is 0 Å². The lowest BCUT2D eigenvalue weighted by molar-refractivity contribution is -0.212. The Kier molecular flexibility index (Phi) is 2.99. The standard InChI is InChI=1S/C16H28O3Si/c1-15(2)10-7-8-16(19-20(4,5)6)11(9-10)12(15)13(16)14(17)18-3/h10-13H,7-9H2,1-6H3/t10-,11+,12-,13+,16+/m1/s1. The van der Waals surface area contributed by atoms with Gasteiger partial charge in [0.05, 0.1) is 18.6 Å². The zero-order chi connectivity index (χ0) is 14.9. The molecule has 0 spiro atoms. The highest BCUT2D eigenvalue weighted by molar-refractivity contribution is 6.69. The van der Waals surface area contributed by atoms with E-state index < -0.39 is 8.32 Å². The average molecular weight is 296 g/mol. The van der Waals surface area contributed by atoms with Crippen molar-refractivity contribution in [1.82, 2.24) is 0 Å². The van der Waals surface area contributed by atoms with Gasteiger partial charge in [-0.05, 0) is 62.1 Å². The Morgan fingerprint density at radius 3 is 2.45 bits per heavy atom. The molecule has 3 saturated carbocycles. The van der Waals surface area contributed by atoms with Crippen LogP contribution in [0.4, 0.5) is 0 Å². The number of ether oxygens (including phenoxy) is 1. The molecule has 0 amide bonds. The molecular weight excluding hydrogens is 268 g/mol. The molecule has 5 atom stereocenters. The van der Waals surface area contributed by atoms with Gasteiger partial charge in [-0.15, -0.1) is 0 Å². The van der Waals surface area contributed by atoms with Crippen LogP contribution in [0.1, 0.15) is 33.1 Å². The van der Waals surface area contributed by atoms with E-state index in [-0.39, 0.29) is 22.9 Å². The number of methoxy groups -OCH3 is 1. The smallest absolute Gasteiger partial charge is 0.311 e. The van der Waals surface area contributed by atoms with Gasteiger partial charge in [-0.2, -0.15) is 0 Å². The van der Waals surface area contributed by atoms with Crippen LogP contribution in [-0.4, -0.2) is 27.0 Å². The van der Waals surface area contributed by atoms with Gasteiger partial charge in [0.15, 0.2) is 8.32 Å². The lowest BCUT2D eigenvalue weighted by Gasteiger charge is -2.61. The van der Waals surface area contributed by atoms with Crippen LogP contribution in [-0.2, 0) is 14.0 Å². The molecular formula is C16H28O3Si. The summed E-state index contributed by atoms with van der Waals surface area (Å²) in [5.41, 5.74) is 0.0544. The molecule has 0 aromatic rings. The lowest BCUT2D eigenvalue weighted by Crippen LogP contribution is -2.69. The van der Waals surface area contributed by atoms with Crippen LogP contribution in [0.3, 0.4) is 0 Å². The van der Waals surface area contributed by atoms with E-state index in [1.54, 1.807) is 0 Å². The van der Waals surface area contributed by atoms with Crippen molar-refractivity contribution in [3.05, 3.63) is 0 Å². The van der Waals surface area contributed by atoms with E-state index >= 15 is 0 Å². The van der Waals surface area contributed by atoms with E-state index in [9.17, 15) is 4.79 Å². The SMILES string of the molecule is COC(=O)[C@@H]1[C@H]2[C@@H]3C[C@@H](CC[C@@]13O[Si](C)(C)C)C2(C)C. The Balaban J connectivity index is 2.00. The summed E-state index contributed by atoms with van der Waals surface area (Å²) in [4.78, 5) is 12.4. The molecule has 0 aliphatic heterocycles. The number of carbonyl (C=O) groups excluding carboxylic acids is 1. The van der Waals surface area contributed by atoms with Crippen molar-refractivity contribution in [3.8, 4) is 0 Å². The molecule has 3 aliphatic rings. The molecule has 0 saturated heterocycles. The Labute approximate surface area is 123 Å². The van der Waals surface area contributed by atoms with Gasteiger partial charge in [-0.1, -0.05) is 13.8 Å². The highest BCUT2D eigenvalue weighted by Gasteiger charge is 2.76. The number of hydrogen-bond donors (Lipinski definition) is 0. The second-order valence-electron chi connectivity index (χ2n) is 8.60. The fraction of sp³-hybridized carbons (Fsp3) is 0.938. The van der Waals surface area contributed by atoms with Crippen molar-refractivity contribution in [3.63, 3.8) is 0 Å². The highest BCUT2D eigenvalue weighted by atomic mass is 28.4. The Morgan fingerprint density at radius 2 is 1.90 bits per heavy atom. The second kappa shape index (κ2) is 4.10. The molecule has 0 aromatic heterocycles. The van der Waals surface area contributed by atoms with E-state index in [4.69, 9.17) is 9.16 Å². The lowest BCUT2D eigenvalue weighted by atomic mass is 9.50. The largest absolute Gasteiger partial charge is 0.469 e. The molecule has 0 radical (unpaired) electrons. The summed E-state index contributed by atoms with van der Waals surface area (Å²) in [5, 5.41) is 0. The van der Waals surface area contributed by atoms with Crippen LogP contribution in [0.15, 0.2) is 0 Å². The maximum Gasteiger partial charge on any atom is 0.311 e. The van der Waals surface area contributed by atoms with Gasteiger partial charge in [0.1, 0.15) is 0 Å². The van der Waals surface area contributed by atoms with E-state index in [2.05, 4.69) is 33.5 Å². The normalized spacial score (nSPS) is 44.9. The van der Waals surface area contributed by atoms with E-state index in [0.29, 0.717) is 11.8 Å². The molecule has 3 aliphatic carbocycles. The Hall–Kier alpha value is -0.353. The van der Waals surface area contributed by atoms with Crippen molar-refractivity contribution < 1.29 is 14.0 Å². The fourth-order valence-electron chi connectivity index (χ4n) is 5.59. The number of carbonyl (C=O) groups is 1. The van der Waals surface area contributed by atoms with Crippen LogP contribution >= 0.6 is 0 Å². The first kappa shape index (κ1) is 14.6. The van der Waals surface area contributed by atoms with Crippen LogP contribution in [0.2, 0.25) is 19.6 Å². The summed E-state index contributed by atoms with van der Waals surface area (Å²) in [6.45, 7) is 11.4. The highest BCUT2D eigenvalue weighted by Crippen LogP contribution is 2.73. The first-order valence-electron chi connectivity index (χ1n) is 7.91. The molecule has 0 heterocycles. The molecule has 0 N–H and O–H groups in total. The van der Waals surface area contributed by atoms with Crippen molar-refractivity contribution in [2.24, 2.45) is 29.1 Å². The maximum absolute atomic E-state index is 12.4. The summed E-state index contributed by atoms with van der Waals surface area (Å²) < 4.78 is 11.8. The number of esters is 1. The molecule has 20 heavy (non-hydrogen) atoms. The van der Waals surface area contributed by atoms with Gasteiger partial charge in [0, 0.05) is 0 Å². The monoisotopic (exact) mass is 296 g/mol. The topological polar surface area (TPSA) is 35.5 Å². The third-order valence-electron chi connectivity index (χ3n) is 6.23. The van der Waals surface area contributed by atoms with Crippen LogP contribution in [0, 0.1) is 29.1 Å². The third-order valence-corrected chi connectivity index (χ3v) is 7.22. The molecule has 0 aromatic carbocycles. The van der Waals surface area contributed by atoms with Gasteiger partial charge in [-0.25, -0.2) is 0 Å². The summed E-state index contributed by atoms with van der Waals surface area (Å²) in [7, 11) is -0.153. The predicted molar refractivity (Wildman–Crippen MR) is 80.8 cm³/mol. The molecule has 3 rings (SSSR count). The maximum atomic E-state index is 12.4. The average Bonchev–Trinajstić information content (AvgIpc) is 2.42. The van der Waals surface area contributed by atoms with Gasteiger partial charge in [0.25, 0.3) is 0 Å². The second-order valence-corrected chi connectivity index (χ2v) is 13.0. The minimum atomic E-state index is -1.67. The summed E-state index contributed by atoms with van der Waals surface area (Å²) >= 11 is 0. The van der Waals surface area contributed by atoms with Gasteiger partial charge < -0.3 is 9.16 Å². The zero-order valence-corrected chi connectivity index (χ0v) is 14.7. The summed E-state index contributed by atoms with van der Waals surface area (Å²) in [6, 6.07) is 0. The van der Waals surface area contributed by atoms with Gasteiger partial charge >= 0.3 is 5.97 Å². The minimum absolute atomic E-state index is 0.0354. The van der Waals surface area contributed by atoms with E-state index in [1.165, 1.54) is 20.0 Å². The van der Waals surface area contributed by atoms with Gasteiger partial charge in [0.2, 0.25) is 0 Å². The number of fused-ring (bicyclic) bond motifs is 1. The molecule has 0 unspecified atom stereocenters. The van der Waals surface area contributed by atoms with E-state index in [1.807, 2.05) is 0 Å². The third kappa shape index (κ3) is 1.70. The molecule has 2 bridgehead atoms.